The Hall–Kier alpha value is -2.29. The van der Waals surface area contributed by atoms with Gasteiger partial charge in [0.05, 0.1) is 6.61 Å². The number of Topliss-reactive ketones (excluding diaryl/α,β-unsaturated/α-hetero) is 1. The van der Waals surface area contributed by atoms with Gasteiger partial charge in [-0.2, -0.15) is 0 Å². The van der Waals surface area contributed by atoms with E-state index in [-0.39, 0.29) is 12.4 Å². The summed E-state index contributed by atoms with van der Waals surface area (Å²) in [6, 6.07) is 7.95. The van der Waals surface area contributed by atoms with E-state index >= 15 is 0 Å². The molecule has 0 aromatic heterocycles. The van der Waals surface area contributed by atoms with E-state index in [9.17, 15) is 4.79 Å². The minimum atomic E-state index is 0.0120. The molecule has 3 nitrogen and oxygen atoms in total. The summed E-state index contributed by atoms with van der Waals surface area (Å²) in [6.07, 6.45) is 4.79. The van der Waals surface area contributed by atoms with E-state index in [0.717, 1.165) is 45.7 Å². The second-order valence-electron chi connectivity index (χ2n) is 4.79. The van der Waals surface area contributed by atoms with Crippen molar-refractivity contribution in [2.45, 2.75) is 6.42 Å². The molecule has 2 heterocycles. The highest BCUT2D eigenvalue weighted by molar-refractivity contribution is 6.10. The summed E-state index contributed by atoms with van der Waals surface area (Å²) < 4.78 is 11.1. The second-order valence-corrected chi connectivity index (χ2v) is 4.79. The van der Waals surface area contributed by atoms with Crippen molar-refractivity contribution >= 4 is 28.7 Å². The number of hydrogen-bond acceptors (Lipinski definition) is 3. The van der Waals surface area contributed by atoms with Gasteiger partial charge in [-0.1, -0.05) is 6.08 Å². The number of carbonyl (C=O) groups excluding carboxylic acids is 1. The maximum Gasteiger partial charge on any atom is 0.193 e. The molecule has 0 saturated carbocycles. The van der Waals surface area contributed by atoms with Crippen molar-refractivity contribution in [1.82, 2.24) is 0 Å². The highest BCUT2D eigenvalue weighted by Gasteiger charge is 2.13. The zero-order valence-corrected chi connectivity index (χ0v) is 10.3. The van der Waals surface area contributed by atoms with Crippen LogP contribution in [0.5, 0.6) is 11.5 Å². The van der Waals surface area contributed by atoms with Crippen LogP contribution in [0.4, 0.5) is 0 Å². The van der Waals surface area contributed by atoms with Gasteiger partial charge in [-0.3, -0.25) is 4.79 Å². The minimum absolute atomic E-state index is 0.0120. The number of ether oxygens (including phenoxy) is 2. The van der Waals surface area contributed by atoms with Gasteiger partial charge in [0, 0.05) is 16.9 Å². The number of benzene rings is 2. The van der Waals surface area contributed by atoms with Crippen molar-refractivity contribution in [2.24, 2.45) is 0 Å². The predicted molar refractivity (Wildman–Crippen MR) is 72.7 cm³/mol. The zero-order chi connectivity index (χ0) is 12.8. The molecule has 0 fully saturated rings. The first-order chi connectivity index (χ1) is 9.33. The number of rotatable bonds is 0. The molecule has 0 bridgehead atoms. The molecule has 0 saturated heterocycles. The van der Waals surface area contributed by atoms with Gasteiger partial charge < -0.3 is 9.47 Å². The van der Waals surface area contributed by atoms with Gasteiger partial charge >= 0.3 is 0 Å². The van der Waals surface area contributed by atoms with E-state index in [1.807, 2.05) is 24.3 Å². The summed E-state index contributed by atoms with van der Waals surface area (Å²) in [5.74, 6) is 1.71. The fourth-order valence-corrected chi connectivity index (χ4v) is 2.75. The molecule has 4 rings (SSSR count). The lowest BCUT2D eigenvalue weighted by Crippen LogP contribution is -2.24. The van der Waals surface area contributed by atoms with Gasteiger partial charge in [-0.05, 0) is 41.1 Å². The number of carbonyl (C=O) groups is 1. The Kier molecular flexibility index (Phi) is 2.15. The van der Waals surface area contributed by atoms with E-state index in [1.165, 1.54) is 0 Å². The van der Waals surface area contributed by atoms with Crippen molar-refractivity contribution in [1.29, 1.82) is 0 Å². The quantitative estimate of drug-likeness (QED) is 0.705. The van der Waals surface area contributed by atoms with E-state index < -0.39 is 0 Å². The molecular weight excluding hydrogens is 240 g/mol. The van der Waals surface area contributed by atoms with Crippen molar-refractivity contribution in [3.63, 3.8) is 0 Å². The lowest BCUT2D eigenvalue weighted by atomic mass is 10.0. The SMILES string of the molecule is O=C1C=c2c(ccc3c4c(ccc23)OCCC=4)OC1. The van der Waals surface area contributed by atoms with Crippen molar-refractivity contribution in [2.75, 3.05) is 13.2 Å². The molecule has 0 spiro atoms. The maximum atomic E-state index is 11.5. The number of ketones is 1. The fourth-order valence-electron chi connectivity index (χ4n) is 2.75. The van der Waals surface area contributed by atoms with Gasteiger partial charge in [-0.25, -0.2) is 0 Å². The normalized spacial score (nSPS) is 16.5. The predicted octanol–water partition coefficient (Wildman–Crippen LogP) is 1.14. The Bertz CT molecular complexity index is 818. The topological polar surface area (TPSA) is 35.5 Å². The van der Waals surface area contributed by atoms with Crippen LogP contribution in [0.2, 0.25) is 0 Å². The summed E-state index contributed by atoms with van der Waals surface area (Å²) in [5.41, 5.74) is 0. The van der Waals surface area contributed by atoms with Crippen LogP contribution in [0.25, 0.3) is 22.9 Å². The molecule has 0 atom stereocenters. The summed E-state index contributed by atoms with van der Waals surface area (Å²) in [5, 5.41) is 4.17. The third-order valence-electron chi connectivity index (χ3n) is 3.60. The molecule has 2 aliphatic rings. The number of hydrogen-bond donors (Lipinski definition) is 0. The van der Waals surface area contributed by atoms with Crippen LogP contribution in [0.3, 0.4) is 0 Å². The minimum Gasteiger partial charge on any atom is -0.493 e. The van der Waals surface area contributed by atoms with Crippen LogP contribution < -0.4 is 19.9 Å². The van der Waals surface area contributed by atoms with Gasteiger partial charge in [0.2, 0.25) is 0 Å². The molecule has 0 radical (unpaired) electrons. The van der Waals surface area contributed by atoms with Crippen LogP contribution in [0, 0.1) is 0 Å². The van der Waals surface area contributed by atoms with Crippen LogP contribution in [0.1, 0.15) is 6.42 Å². The standard InChI is InChI=1S/C16H12O3/c17-10-8-14-12-4-5-15-13(2-1-7-18-15)11(12)3-6-16(14)19-9-10/h2-6,8H,1,7,9H2. The van der Waals surface area contributed by atoms with E-state index in [0.29, 0.717) is 0 Å². The summed E-state index contributed by atoms with van der Waals surface area (Å²) in [4.78, 5) is 11.5. The average molecular weight is 252 g/mol. The Morgan fingerprint density at radius 3 is 2.47 bits per heavy atom. The Morgan fingerprint density at radius 1 is 0.895 bits per heavy atom. The smallest absolute Gasteiger partial charge is 0.193 e. The highest BCUT2D eigenvalue weighted by Crippen LogP contribution is 2.19. The highest BCUT2D eigenvalue weighted by atomic mass is 16.5. The van der Waals surface area contributed by atoms with Crippen molar-refractivity contribution < 1.29 is 14.3 Å². The fraction of sp³-hybridized carbons (Fsp3) is 0.188. The Morgan fingerprint density at radius 2 is 1.63 bits per heavy atom. The van der Waals surface area contributed by atoms with Crippen molar-refractivity contribution in [3.05, 3.63) is 34.7 Å². The first-order valence-electron chi connectivity index (χ1n) is 6.39. The average Bonchev–Trinajstić information content (AvgIpc) is 2.46. The van der Waals surface area contributed by atoms with E-state index in [1.54, 1.807) is 6.08 Å². The molecule has 2 aromatic carbocycles. The largest absolute Gasteiger partial charge is 0.493 e. The molecule has 94 valence electrons. The molecule has 0 unspecified atom stereocenters. The van der Waals surface area contributed by atoms with Crippen LogP contribution in [0.15, 0.2) is 24.3 Å². The molecule has 3 heteroatoms. The van der Waals surface area contributed by atoms with Gasteiger partial charge in [0.25, 0.3) is 0 Å². The molecule has 0 amide bonds. The second kappa shape index (κ2) is 3.85. The van der Waals surface area contributed by atoms with E-state index in [4.69, 9.17) is 9.47 Å². The van der Waals surface area contributed by atoms with Crippen LogP contribution in [-0.4, -0.2) is 19.0 Å². The summed E-state index contributed by atoms with van der Waals surface area (Å²) >= 11 is 0. The first kappa shape index (κ1) is 10.6. The molecule has 2 aromatic rings. The third kappa shape index (κ3) is 1.55. The first-order valence-corrected chi connectivity index (χ1v) is 6.39. The molecule has 2 aliphatic heterocycles. The lowest BCUT2D eigenvalue weighted by Gasteiger charge is -2.16. The molecule has 0 N–H and O–H groups in total. The Labute approximate surface area is 109 Å². The van der Waals surface area contributed by atoms with Crippen LogP contribution in [-0.2, 0) is 4.79 Å². The lowest BCUT2D eigenvalue weighted by molar-refractivity contribution is -0.115. The summed E-state index contributed by atoms with van der Waals surface area (Å²) in [6.45, 7) is 0.871. The van der Waals surface area contributed by atoms with Gasteiger partial charge in [0.1, 0.15) is 11.5 Å². The van der Waals surface area contributed by atoms with Gasteiger partial charge in [-0.15, -0.1) is 0 Å². The molecular formula is C16H12O3. The Balaban J connectivity index is 2.17. The maximum absolute atomic E-state index is 11.5. The van der Waals surface area contributed by atoms with Gasteiger partial charge in [0.15, 0.2) is 12.4 Å². The monoisotopic (exact) mass is 252 g/mol. The zero-order valence-electron chi connectivity index (χ0n) is 10.3. The third-order valence-corrected chi connectivity index (χ3v) is 3.60. The molecule has 0 aliphatic carbocycles. The van der Waals surface area contributed by atoms with Crippen molar-refractivity contribution in [3.8, 4) is 11.5 Å². The summed E-state index contributed by atoms with van der Waals surface area (Å²) in [7, 11) is 0. The van der Waals surface area contributed by atoms with Crippen LogP contribution >= 0.6 is 0 Å². The van der Waals surface area contributed by atoms with E-state index in [2.05, 4.69) is 6.08 Å². The number of fused-ring (bicyclic) bond motifs is 5. The molecule has 19 heavy (non-hydrogen) atoms.